The van der Waals surface area contributed by atoms with Gasteiger partial charge in [-0.15, -0.1) is 0 Å². The summed E-state index contributed by atoms with van der Waals surface area (Å²) in [6.45, 7) is 1.70. The van der Waals surface area contributed by atoms with Crippen molar-refractivity contribution in [2.24, 2.45) is 17.2 Å². The lowest BCUT2D eigenvalue weighted by Crippen LogP contribution is -2.47. The van der Waals surface area contributed by atoms with Gasteiger partial charge in [0.05, 0.1) is 0 Å². The zero-order valence-corrected chi connectivity index (χ0v) is 7.32. The lowest BCUT2D eigenvalue weighted by atomic mass is 10.5. The Morgan fingerprint density at radius 2 is 1.69 bits per heavy atom. The SMILES string of the molecule is NCCNCCN(C(N)=O)C(N)=O. The van der Waals surface area contributed by atoms with E-state index in [1.807, 2.05) is 0 Å². The lowest BCUT2D eigenvalue weighted by Gasteiger charge is -2.15. The van der Waals surface area contributed by atoms with Crippen LogP contribution in [0, 0.1) is 0 Å². The molecule has 0 aromatic rings. The topological polar surface area (TPSA) is 127 Å². The van der Waals surface area contributed by atoms with E-state index in [0.717, 1.165) is 4.90 Å². The van der Waals surface area contributed by atoms with Gasteiger partial charge in [0, 0.05) is 26.2 Å². The van der Waals surface area contributed by atoms with Crippen LogP contribution in [0.4, 0.5) is 9.59 Å². The molecule has 0 aromatic heterocycles. The molecular formula is C6H15N5O2. The summed E-state index contributed by atoms with van der Waals surface area (Å²) < 4.78 is 0. The molecule has 0 saturated heterocycles. The highest BCUT2D eigenvalue weighted by Gasteiger charge is 2.13. The fourth-order valence-electron chi connectivity index (χ4n) is 0.747. The maximum atomic E-state index is 10.6. The summed E-state index contributed by atoms with van der Waals surface area (Å²) in [5.41, 5.74) is 15.0. The number of nitrogens with one attached hydrogen (secondary N) is 1. The molecule has 0 heterocycles. The third-order valence-electron chi connectivity index (χ3n) is 1.37. The molecule has 0 aromatic carbocycles. The number of rotatable bonds is 5. The predicted octanol–water partition coefficient (Wildman–Crippen LogP) is -2.01. The average Bonchev–Trinajstić information content (AvgIpc) is 2.02. The van der Waals surface area contributed by atoms with E-state index in [1.165, 1.54) is 0 Å². The molecule has 0 unspecified atom stereocenters. The minimum atomic E-state index is -0.845. The summed E-state index contributed by atoms with van der Waals surface area (Å²) in [5, 5.41) is 2.89. The van der Waals surface area contributed by atoms with Crippen LogP contribution in [0.15, 0.2) is 0 Å². The van der Waals surface area contributed by atoms with Crippen molar-refractivity contribution < 1.29 is 9.59 Å². The molecule has 13 heavy (non-hydrogen) atoms. The number of primary amides is 2. The second-order valence-electron chi connectivity index (χ2n) is 2.37. The Hall–Kier alpha value is -1.34. The highest BCUT2D eigenvalue weighted by molar-refractivity contribution is 5.91. The van der Waals surface area contributed by atoms with Gasteiger partial charge in [-0.25, -0.2) is 14.5 Å². The maximum absolute atomic E-state index is 10.6. The van der Waals surface area contributed by atoms with E-state index in [4.69, 9.17) is 17.2 Å². The Balaban J connectivity index is 3.71. The predicted molar refractivity (Wildman–Crippen MR) is 47.8 cm³/mol. The summed E-state index contributed by atoms with van der Waals surface area (Å²) >= 11 is 0. The molecule has 0 rings (SSSR count). The molecule has 0 spiro atoms. The van der Waals surface area contributed by atoms with Crippen molar-refractivity contribution in [3.8, 4) is 0 Å². The van der Waals surface area contributed by atoms with Crippen LogP contribution >= 0.6 is 0 Å². The molecule has 0 aliphatic carbocycles. The van der Waals surface area contributed by atoms with Crippen LogP contribution in [-0.2, 0) is 0 Å². The molecule has 0 fully saturated rings. The maximum Gasteiger partial charge on any atom is 0.322 e. The first-order valence-corrected chi connectivity index (χ1v) is 3.86. The van der Waals surface area contributed by atoms with Gasteiger partial charge in [-0.2, -0.15) is 0 Å². The summed E-state index contributed by atoms with van der Waals surface area (Å²) in [6, 6.07) is -1.69. The molecule has 0 bridgehead atoms. The number of carbonyl (C=O) groups excluding carboxylic acids is 2. The first-order chi connectivity index (χ1) is 6.09. The summed E-state index contributed by atoms with van der Waals surface area (Å²) in [7, 11) is 0. The van der Waals surface area contributed by atoms with Gasteiger partial charge in [-0.05, 0) is 0 Å². The highest BCUT2D eigenvalue weighted by Crippen LogP contribution is 1.84. The van der Waals surface area contributed by atoms with Crippen LogP contribution in [0.2, 0.25) is 0 Å². The number of hydrogen-bond donors (Lipinski definition) is 4. The Bertz CT molecular complexity index is 170. The molecule has 7 nitrogen and oxygen atoms in total. The molecule has 0 aliphatic heterocycles. The average molecular weight is 189 g/mol. The molecule has 4 amide bonds. The quantitative estimate of drug-likeness (QED) is 0.373. The number of carbonyl (C=O) groups is 2. The van der Waals surface area contributed by atoms with E-state index in [-0.39, 0.29) is 6.54 Å². The van der Waals surface area contributed by atoms with E-state index in [2.05, 4.69) is 5.32 Å². The summed E-state index contributed by atoms with van der Waals surface area (Å²) in [5.74, 6) is 0. The minimum absolute atomic E-state index is 0.157. The van der Waals surface area contributed by atoms with Crippen molar-refractivity contribution in [3.63, 3.8) is 0 Å². The zero-order chi connectivity index (χ0) is 10.3. The Morgan fingerprint density at radius 3 is 2.08 bits per heavy atom. The van der Waals surface area contributed by atoms with Crippen molar-refractivity contribution >= 4 is 12.1 Å². The van der Waals surface area contributed by atoms with Gasteiger partial charge >= 0.3 is 12.1 Å². The van der Waals surface area contributed by atoms with Gasteiger partial charge in [0.2, 0.25) is 0 Å². The van der Waals surface area contributed by atoms with Gasteiger partial charge in [-0.1, -0.05) is 0 Å². The van der Waals surface area contributed by atoms with Crippen molar-refractivity contribution in [1.29, 1.82) is 0 Å². The molecule has 7 heteroatoms. The van der Waals surface area contributed by atoms with Gasteiger partial charge in [0.15, 0.2) is 0 Å². The number of amides is 4. The van der Waals surface area contributed by atoms with Crippen molar-refractivity contribution in [2.45, 2.75) is 0 Å². The van der Waals surface area contributed by atoms with Crippen LogP contribution in [-0.4, -0.2) is 43.1 Å². The van der Waals surface area contributed by atoms with Crippen LogP contribution in [0.3, 0.4) is 0 Å². The first-order valence-electron chi connectivity index (χ1n) is 3.86. The molecule has 7 N–H and O–H groups in total. The van der Waals surface area contributed by atoms with Gasteiger partial charge in [0.25, 0.3) is 0 Å². The van der Waals surface area contributed by atoms with Crippen molar-refractivity contribution in [3.05, 3.63) is 0 Å². The highest BCUT2D eigenvalue weighted by atomic mass is 16.2. The van der Waals surface area contributed by atoms with E-state index < -0.39 is 12.1 Å². The Morgan fingerprint density at radius 1 is 1.15 bits per heavy atom. The zero-order valence-electron chi connectivity index (χ0n) is 7.32. The van der Waals surface area contributed by atoms with Crippen molar-refractivity contribution in [2.75, 3.05) is 26.2 Å². The number of imide groups is 1. The largest absolute Gasteiger partial charge is 0.351 e. The van der Waals surface area contributed by atoms with E-state index >= 15 is 0 Å². The van der Waals surface area contributed by atoms with Crippen LogP contribution in [0.25, 0.3) is 0 Å². The standard InChI is InChI=1S/C6H15N5O2/c7-1-2-10-3-4-11(5(8)12)6(9)13/h10H,1-4,7H2,(H2,8,12)(H2,9,13). The molecular weight excluding hydrogens is 174 g/mol. The van der Waals surface area contributed by atoms with Crippen LogP contribution < -0.4 is 22.5 Å². The van der Waals surface area contributed by atoms with Crippen LogP contribution in [0.1, 0.15) is 0 Å². The molecule has 0 aliphatic rings. The fourth-order valence-corrected chi connectivity index (χ4v) is 0.747. The van der Waals surface area contributed by atoms with Gasteiger partial charge in [-0.3, -0.25) is 0 Å². The monoisotopic (exact) mass is 189 g/mol. The molecule has 0 saturated carbocycles. The molecule has 0 radical (unpaired) electrons. The summed E-state index contributed by atoms with van der Waals surface area (Å²) in [4.78, 5) is 22.0. The minimum Gasteiger partial charge on any atom is -0.351 e. The smallest absolute Gasteiger partial charge is 0.322 e. The van der Waals surface area contributed by atoms with Gasteiger partial charge in [0.1, 0.15) is 0 Å². The van der Waals surface area contributed by atoms with Crippen molar-refractivity contribution in [1.82, 2.24) is 10.2 Å². The van der Waals surface area contributed by atoms with E-state index in [9.17, 15) is 9.59 Å². The number of nitrogens with zero attached hydrogens (tertiary/aromatic N) is 1. The molecule has 76 valence electrons. The third-order valence-corrected chi connectivity index (χ3v) is 1.37. The van der Waals surface area contributed by atoms with E-state index in [1.54, 1.807) is 0 Å². The fraction of sp³-hybridized carbons (Fsp3) is 0.667. The normalized spacial score (nSPS) is 9.62. The molecule has 0 atom stereocenters. The second-order valence-corrected chi connectivity index (χ2v) is 2.37. The summed E-state index contributed by atoms with van der Waals surface area (Å²) in [6.07, 6.45) is 0. The number of urea groups is 2. The lowest BCUT2D eigenvalue weighted by molar-refractivity contribution is 0.197. The first kappa shape index (κ1) is 11.7. The number of nitrogens with two attached hydrogens (primary N) is 3. The van der Waals surface area contributed by atoms with Crippen LogP contribution in [0.5, 0.6) is 0 Å². The van der Waals surface area contributed by atoms with Gasteiger partial charge < -0.3 is 22.5 Å². The number of hydrogen-bond acceptors (Lipinski definition) is 4. The second kappa shape index (κ2) is 6.21. The Labute approximate surface area is 76.2 Å². The Kier molecular flexibility index (Phi) is 5.57. The third kappa shape index (κ3) is 4.99. The van der Waals surface area contributed by atoms with E-state index in [0.29, 0.717) is 19.6 Å².